The van der Waals surface area contributed by atoms with Gasteiger partial charge in [0.05, 0.1) is 0 Å². The van der Waals surface area contributed by atoms with Gasteiger partial charge in [-0.2, -0.15) is 0 Å². The number of carbonyl (C=O) groups is 2. The number of carbonyl (C=O) groups excluding carboxylic acids is 2. The predicted molar refractivity (Wildman–Crippen MR) is 96.4 cm³/mol. The molecule has 0 aliphatic carbocycles. The third kappa shape index (κ3) is 3.41. The number of amides is 2. The molecule has 1 atom stereocenters. The Morgan fingerprint density at radius 2 is 1.96 bits per heavy atom. The second kappa shape index (κ2) is 7.54. The Kier molecular flexibility index (Phi) is 5.39. The van der Waals surface area contributed by atoms with Crippen molar-refractivity contribution >= 4 is 17.5 Å². The molecule has 2 aliphatic heterocycles. The molecular formula is C19H27N3O3. The average molecular weight is 345 g/mol. The van der Waals surface area contributed by atoms with Crippen LogP contribution in [0.2, 0.25) is 0 Å². The molecule has 1 N–H and O–H groups in total. The number of ether oxygens (including phenoxy) is 1. The van der Waals surface area contributed by atoms with E-state index >= 15 is 0 Å². The summed E-state index contributed by atoms with van der Waals surface area (Å²) >= 11 is 0. The largest absolute Gasteiger partial charge is 0.368 e. The van der Waals surface area contributed by atoms with Gasteiger partial charge < -0.3 is 19.9 Å². The Labute approximate surface area is 149 Å². The van der Waals surface area contributed by atoms with Crippen molar-refractivity contribution in [3.63, 3.8) is 0 Å². The Morgan fingerprint density at radius 1 is 1.28 bits per heavy atom. The highest BCUT2D eigenvalue weighted by molar-refractivity contribution is 6.00. The molecule has 6 nitrogen and oxygen atoms in total. The fourth-order valence-corrected chi connectivity index (χ4v) is 3.88. The molecule has 25 heavy (non-hydrogen) atoms. The first-order valence-corrected chi connectivity index (χ1v) is 8.98. The first-order valence-electron chi connectivity index (χ1n) is 8.98. The number of hydrogen-bond donors (Lipinski definition) is 1. The first-order chi connectivity index (χ1) is 12.1. The van der Waals surface area contributed by atoms with E-state index in [0.29, 0.717) is 25.8 Å². The van der Waals surface area contributed by atoms with Crippen LogP contribution in [-0.2, 0) is 14.3 Å². The standard InChI is InChI=1S/C19H27N3O3/c1-21(18(24)19(25-2)10-12-20-13-11-19)16-9-6-14-22(17(16)23)15-7-4-3-5-8-15/h3-5,7-8,16,20H,6,9-14H2,1-2H3. The number of benzene rings is 1. The molecule has 0 spiro atoms. The SMILES string of the molecule is COC1(C(=O)N(C)C2CCCN(c3ccccc3)C2=O)CCNCC1. The molecule has 0 saturated carbocycles. The van der Waals surface area contributed by atoms with Crippen molar-refractivity contribution in [2.75, 3.05) is 38.7 Å². The summed E-state index contributed by atoms with van der Waals surface area (Å²) in [4.78, 5) is 29.6. The van der Waals surface area contributed by atoms with Crippen LogP contribution >= 0.6 is 0 Å². The summed E-state index contributed by atoms with van der Waals surface area (Å²) in [6, 6.07) is 9.23. The van der Waals surface area contributed by atoms with Crippen molar-refractivity contribution < 1.29 is 14.3 Å². The highest BCUT2D eigenvalue weighted by Gasteiger charge is 2.45. The Morgan fingerprint density at radius 3 is 2.60 bits per heavy atom. The van der Waals surface area contributed by atoms with E-state index < -0.39 is 11.6 Å². The molecule has 1 unspecified atom stereocenters. The van der Waals surface area contributed by atoms with Gasteiger partial charge in [-0.15, -0.1) is 0 Å². The van der Waals surface area contributed by atoms with Crippen LogP contribution < -0.4 is 10.2 Å². The molecule has 2 amide bonds. The van der Waals surface area contributed by atoms with E-state index in [9.17, 15) is 9.59 Å². The molecule has 3 rings (SSSR count). The second-order valence-corrected chi connectivity index (χ2v) is 6.85. The molecular weight excluding hydrogens is 318 g/mol. The number of anilines is 1. The summed E-state index contributed by atoms with van der Waals surface area (Å²) in [5.41, 5.74) is 0.0799. The van der Waals surface area contributed by atoms with Crippen molar-refractivity contribution in [2.24, 2.45) is 0 Å². The van der Waals surface area contributed by atoms with Crippen molar-refractivity contribution in [1.29, 1.82) is 0 Å². The summed E-state index contributed by atoms with van der Waals surface area (Å²) in [5.74, 6) is -0.0850. The van der Waals surface area contributed by atoms with Gasteiger partial charge in [-0.1, -0.05) is 18.2 Å². The maximum atomic E-state index is 13.1. The van der Waals surface area contributed by atoms with Gasteiger partial charge in [-0.25, -0.2) is 0 Å². The zero-order valence-corrected chi connectivity index (χ0v) is 15.0. The minimum absolute atomic E-state index is 0.00603. The minimum atomic E-state index is -0.810. The van der Waals surface area contributed by atoms with Crippen molar-refractivity contribution in [2.45, 2.75) is 37.3 Å². The normalized spacial score (nSPS) is 23.4. The Hall–Kier alpha value is -1.92. The van der Waals surface area contributed by atoms with Crippen molar-refractivity contribution in [1.82, 2.24) is 10.2 Å². The molecule has 0 aromatic heterocycles. The maximum Gasteiger partial charge on any atom is 0.255 e. The van der Waals surface area contributed by atoms with E-state index in [-0.39, 0.29) is 11.8 Å². The summed E-state index contributed by atoms with van der Waals surface area (Å²) in [6.07, 6.45) is 2.85. The van der Waals surface area contributed by atoms with Crippen LogP contribution in [0.1, 0.15) is 25.7 Å². The quantitative estimate of drug-likeness (QED) is 0.896. The van der Waals surface area contributed by atoms with Gasteiger partial charge in [0, 0.05) is 26.4 Å². The number of hydrogen-bond acceptors (Lipinski definition) is 4. The number of nitrogens with one attached hydrogen (secondary N) is 1. The number of methoxy groups -OCH3 is 1. The lowest BCUT2D eigenvalue weighted by molar-refractivity contribution is -0.161. The van der Waals surface area contributed by atoms with Crippen LogP contribution in [-0.4, -0.2) is 62.1 Å². The molecule has 2 heterocycles. The molecule has 2 saturated heterocycles. The van der Waals surface area contributed by atoms with Crippen LogP contribution in [0.25, 0.3) is 0 Å². The van der Waals surface area contributed by atoms with Gasteiger partial charge in [0.2, 0.25) is 5.91 Å². The summed E-state index contributed by atoms with van der Waals surface area (Å²) in [5, 5.41) is 3.26. The molecule has 1 aromatic rings. The van der Waals surface area contributed by atoms with Crippen LogP contribution in [0.3, 0.4) is 0 Å². The van der Waals surface area contributed by atoms with Crippen LogP contribution in [0.5, 0.6) is 0 Å². The van der Waals surface area contributed by atoms with Gasteiger partial charge >= 0.3 is 0 Å². The average Bonchev–Trinajstić information content (AvgIpc) is 2.68. The Balaban J connectivity index is 1.77. The minimum Gasteiger partial charge on any atom is -0.368 e. The van der Waals surface area contributed by atoms with Crippen molar-refractivity contribution in [3.8, 4) is 0 Å². The number of likely N-dealkylation sites (N-methyl/N-ethyl adjacent to an activating group) is 1. The third-order valence-corrected chi connectivity index (χ3v) is 5.46. The number of rotatable bonds is 4. The molecule has 136 valence electrons. The van der Waals surface area contributed by atoms with Crippen LogP contribution in [0.15, 0.2) is 30.3 Å². The molecule has 2 fully saturated rings. The third-order valence-electron chi connectivity index (χ3n) is 5.46. The van der Waals surface area contributed by atoms with E-state index in [1.165, 1.54) is 0 Å². The van der Waals surface area contributed by atoms with Gasteiger partial charge in [0.25, 0.3) is 5.91 Å². The second-order valence-electron chi connectivity index (χ2n) is 6.85. The van der Waals surface area contributed by atoms with Gasteiger partial charge in [0.1, 0.15) is 11.6 Å². The lowest BCUT2D eigenvalue weighted by Gasteiger charge is -2.42. The van der Waals surface area contributed by atoms with E-state index in [1.807, 2.05) is 30.3 Å². The molecule has 0 bridgehead atoms. The van der Waals surface area contributed by atoms with Gasteiger partial charge in [-0.05, 0) is 50.9 Å². The molecule has 6 heteroatoms. The highest BCUT2D eigenvalue weighted by Crippen LogP contribution is 2.29. The van der Waals surface area contributed by atoms with E-state index in [1.54, 1.807) is 24.0 Å². The van der Waals surface area contributed by atoms with Crippen LogP contribution in [0, 0.1) is 0 Å². The molecule has 1 aromatic carbocycles. The maximum absolute atomic E-state index is 13.1. The summed E-state index contributed by atoms with van der Waals surface area (Å²) < 4.78 is 5.64. The zero-order valence-electron chi connectivity index (χ0n) is 15.0. The predicted octanol–water partition coefficient (Wildman–Crippen LogP) is 1.41. The first kappa shape index (κ1) is 17.9. The lowest BCUT2D eigenvalue weighted by atomic mass is 9.89. The highest BCUT2D eigenvalue weighted by atomic mass is 16.5. The smallest absolute Gasteiger partial charge is 0.255 e. The van der Waals surface area contributed by atoms with Crippen LogP contribution in [0.4, 0.5) is 5.69 Å². The molecule has 2 aliphatic rings. The fraction of sp³-hybridized carbons (Fsp3) is 0.579. The topological polar surface area (TPSA) is 61.9 Å². The summed E-state index contributed by atoms with van der Waals surface area (Å²) in [7, 11) is 3.33. The Bertz CT molecular complexity index is 614. The van der Waals surface area contributed by atoms with E-state index in [0.717, 1.165) is 25.2 Å². The van der Waals surface area contributed by atoms with E-state index in [4.69, 9.17) is 4.74 Å². The number of piperidine rings is 2. The van der Waals surface area contributed by atoms with Gasteiger partial charge in [0.15, 0.2) is 0 Å². The lowest BCUT2D eigenvalue weighted by Crippen LogP contribution is -2.60. The summed E-state index contributed by atoms with van der Waals surface area (Å²) in [6.45, 7) is 2.20. The fourth-order valence-electron chi connectivity index (χ4n) is 3.88. The van der Waals surface area contributed by atoms with E-state index in [2.05, 4.69) is 5.32 Å². The van der Waals surface area contributed by atoms with Crippen molar-refractivity contribution in [3.05, 3.63) is 30.3 Å². The number of nitrogens with zero attached hydrogens (tertiary/aromatic N) is 2. The zero-order chi connectivity index (χ0) is 17.9. The monoisotopic (exact) mass is 345 g/mol. The number of para-hydroxylation sites is 1. The molecule has 0 radical (unpaired) electrons. The van der Waals surface area contributed by atoms with Gasteiger partial charge in [-0.3, -0.25) is 9.59 Å².